The van der Waals surface area contributed by atoms with E-state index in [1.165, 1.54) is 102 Å². The van der Waals surface area contributed by atoms with E-state index in [1.54, 1.807) is 0 Å². The Bertz CT molecular complexity index is 396. The molecule has 0 unspecified atom stereocenters. The highest BCUT2D eigenvalue weighted by Gasteiger charge is 2.14. The number of carboxylic acids is 1. The highest BCUT2D eigenvalue weighted by Crippen LogP contribution is 2.14. The third-order valence-electron chi connectivity index (χ3n) is 5.43. The average Bonchev–Trinajstić information content (AvgIpc) is 3.12. The van der Waals surface area contributed by atoms with E-state index in [-0.39, 0.29) is 0 Å². The van der Waals surface area contributed by atoms with E-state index in [2.05, 4.69) is 16.8 Å². The number of unbranched alkanes of at least 4 members (excludes halogenated alkanes) is 14. The molecular formula is C24H49N3O2. The second-order valence-corrected chi connectivity index (χ2v) is 8.29. The minimum absolute atomic E-state index is 0.748. The van der Waals surface area contributed by atoms with E-state index >= 15 is 0 Å². The van der Waals surface area contributed by atoms with Crippen molar-refractivity contribution in [2.75, 3.05) is 26.2 Å². The van der Waals surface area contributed by atoms with E-state index in [4.69, 9.17) is 15.6 Å². The van der Waals surface area contributed by atoms with Gasteiger partial charge in [-0.1, -0.05) is 96.8 Å². The van der Waals surface area contributed by atoms with Crippen LogP contribution in [0.1, 0.15) is 117 Å². The predicted octanol–water partition coefficient (Wildman–Crippen LogP) is 6.01. The van der Waals surface area contributed by atoms with Crippen LogP contribution in [0.3, 0.4) is 0 Å². The molecule has 0 fully saturated rings. The molecule has 5 nitrogen and oxygen atoms in total. The molecule has 1 heterocycles. The molecule has 0 bridgehead atoms. The molecule has 3 N–H and O–H groups in total. The molecule has 0 radical (unpaired) electrons. The van der Waals surface area contributed by atoms with Gasteiger partial charge in [0.2, 0.25) is 0 Å². The molecular weight excluding hydrogens is 362 g/mol. The molecule has 1 rings (SSSR count). The Morgan fingerprint density at radius 1 is 0.897 bits per heavy atom. The zero-order valence-electron chi connectivity index (χ0n) is 19.5. The number of carboxylic acid groups (broad SMARTS) is 1. The van der Waals surface area contributed by atoms with Gasteiger partial charge in [-0.2, -0.15) is 0 Å². The summed E-state index contributed by atoms with van der Waals surface area (Å²) in [7, 11) is 0. The summed E-state index contributed by atoms with van der Waals surface area (Å²) in [4.78, 5) is 16.0. The monoisotopic (exact) mass is 411 g/mol. The molecule has 29 heavy (non-hydrogen) atoms. The predicted molar refractivity (Wildman–Crippen MR) is 126 cm³/mol. The van der Waals surface area contributed by atoms with E-state index < -0.39 is 5.97 Å². The lowest BCUT2D eigenvalue weighted by atomic mass is 10.0. The Morgan fingerprint density at radius 2 is 1.31 bits per heavy atom. The maximum Gasteiger partial charge on any atom is 0.300 e. The molecule has 0 saturated heterocycles. The first kappa shape index (κ1) is 27.9. The van der Waals surface area contributed by atoms with E-state index in [0.29, 0.717) is 0 Å². The highest BCUT2D eigenvalue weighted by atomic mass is 16.4. The van der Waals surface area contributed by atoms with Crippen molar-refractivity contribution in [2.24, 2.45) is 10.7 Å². The number of hydrogen-bond acceptors (Lipinski definition) is 4. The van der Waals surface area contributed by atoms with Gasteiger partial charge in [-0.3, -0.25) is 9.79 Å². The van der Waals surface area contributed by atoms with Gasteiger partial charge in [-0.25, -0.2) is 0 Å². The zero-order chi connectivity index (χ0) is 21.6. The SMILES string of the molecule is CC(=O)O.CCCCCCCCCCCCCCCCCC1=NCCN1CCN. The molecule has 0 aromatic heterocycles. The summed E-state index contributed by atoms with van der Waals surface area (Å²) >= 11 is 0. The maximum atomic E-state index is 9.00. The van der Waals surface area contributed by atoms with Crippen molar-refractivity contribution in [3.63, 3.8) is 0 Å². The second-order valence-electron chi connectivity index (χ2n) is 8.29. The minimum atomic E-state index is -0.833. The summed E-state index contributed by atoms with van der Waals surface area (Å²) < 4.78 is 0. The van der Waals surface area contributed by atoms with Gasteiger partial charge >= 0.3 is 0 Å². The zero-order valence-corrected chi connectivity index (χ0v) is 19.5. The van der Waals surface area contributed by atoms with Gasteiger partial charge in [0, 0.05) is 33.0 Å². The molecule has 0 atom stereocenters. The lowest BCUT2D eigenvalue weighted by Crippen LogP contribution is -2.32. The topological polar surface area (TPSA) is 78.9 Å². The van der Waals surface area contributed by atoms with Crippen molar-refractivity contribution in [1.82, 2.24) is 4.90 Å². The average molecular weight is 412 g/mol. The third-order valence-corrected chi connectivity index (χ3v) is 5.43. The van der Waals surface area contributed by atoms with Gasteiger partial charge in [-0.05, 0) is 6.42 Å². The molecule has 1 aliphatic rings. The van der Waals surface area contributed by atoms with Crippen molar-refractivity contribution >= 4 is 11.8 Å². The summed E-state index contributed by atoms with van der Waals surface area (Å²) in [6.07, 6.45) is 22.6. The number of aliphatic imine (C=N–C) groups is 1. The van der Waals surface area contributed by atoms with Gasteiger partial charge in [0.05, 0.1) is 12.4 Å². The van der Waals surface area contributed by atoms with Crippen LogP contribution in [0, 0.1) is 0 Å². The van der Waals surface area contributed by atoms with E-state index in [0.717, 1.165) is 39.5 Å². The Hall–Kier alpha value is -1.10. The fraction of sp³-hybridized carbons (Fsp3) is 0.917. The largest absolute Gasteiger partial charge is 0.481 e. The quantitative estimate of drug-likeness (QED) is 0.271. The molecule has 5 heteroatoms. The number of amidine groups is 1. The lowest BCUT2D eigenvalue weighted by molar-refractivity contribution is -0.134. The van der Waals surface area contributed by atoms with Crippen molar-refractivity contribution in [1.29, 1.82) is 0 Å². The Balaban J connectivity index is 0.00000178. The van der Waals surface area contributed by atoms with Crippen LogP contribution in [0.4, 0.5) is 0 Å². The Morgan fingerprint density at radius 3 is 1.72 bits per heavy atom. The first-order valence-electron chi connectivity index (χ1n) is 12.3. The Labute approximate surface area is 180 Å². The van der Waals surface area contributed by atoms with Crippen LogP contribution >= 0.6 is 0 Å². The normalized spacial score (nSPS) is 13.2. The van der Waals surface area contributed by atoms with Crippen LogP contribution in [0.2, 0.25) is 0 Å². The van der Waals surface area contributed by atoms with Gasteiger partial charge in [0.25, 0.3) is 5.97 Å². The number of hydrogen-bond donors (Lipinski definition) is 2. The van der Waals surface area contributed by atoms with E-state index in [9.17, 15) is 0 Å². The number of rotatable bonds is 18. The van der Waals surface area contributed by atoms with Gasteiger partial charge in [0.15, 0.2) is 0 Å². The molecule has 0 saturated carbocycles. The van der Waals surface area contributed by atoms with Gasteiger partial charge in [-0.15, -0.1) is 0 Å². The van der Waals surface area contributed by atoms with Crippen LogP contribution in [0.5, 0.6) is 0 Å². The van der Waals surface area contributed by atoms with Gasteiger partial charge in [0.1, 0.15) is 0 Å². The van der Waals surface area contributed by atoms with Crippen LogP contribution in [0.15, 0.2) is 4.99 Å². The molecule has 0 aromatic rings. The first-order chi connectivity index (χ1) is 14.1. The smallest absolute Gasteiger partial charge is 0.300 e. The van der Waals surface area contributed by atoms with Crippen LogP contribution in [0.25, 0.3) is 0 Å². The number of nitrogens with two attached hydrogens (primary N) is 1. The summed E-state index contributed by atoms with van der Waals surface area (Å²) in [6, 6.07) is 0. The fourth-order valence-corrected chi connectivity index (χ4v) is 3.82. The molecule has 172 valence electrons. The third kappa shape index (κ3) is 20.0. The van der Waals surface area contributed by atoms with Crippen LogP contribution in [-0.2, 0) is 4.79 Å². The Kier molecular flexibility index (Phi) is 20.8. The second kappa shape index (κ2) is 21.6. The van der Waals surface area contributed by atoms with E-state index in [1.807, 2.05) is 0 Å². The molecule has 0 amide bonds. The lowest BCUT2D eigenvalue weighted by Gasteiger charge is -2.19. The van der Waals surface area contributed by atoms with Crippen molar-refractivity contribution in [3.8, 4) is 0 Å². The maximum absolute atomic E-state index is 9.00. The van der Waals surface area contributed by atoms with Gasteiger partial charge < -0.3 is 15.7 Å². The number of carbonyl (C=O) groups is 1. The summed E-state index contributed by atoms with van der Waals surface area (Å²) in [5.41, 5.74) is 5.66. The standard InChI is InChI=1S/C22H45N3.C2H4O2/c1-2-3-4-5-6-7-8-9-10-11-12-13-14-15-16-17-22-24-19-21-25(22)20-18-23;1-2(3)4/h2-21,23H2,1H3;1H3,(H,3,4). The number of aliphatic carboxylic acids is 1. The summed E-state index contributed by atoms with van der Waals surface area (Å²) in [5.74, 6) is 0.486. The molecule has 0 aliphatic carbocycles. The first-order valence-corrected chi connectivity index (χ1v) is 12.3. The summed E-state index contributed by atoms with van der Waals surface area (Å²) in [6.45, 7) is 7.18. The minimum Gasteiger partial charge on any atom is -0.481 e. The fourth-order valence-electron chi connectivity index (χ4n) is 3.82. The van der Waals surface area contributed by atoms with Crippen molar-refractivity contribution < 1.29 is 9.90 Å². The number of nitrogens with zero attached hydrogens (tertiary/aromatic N) is 2. The van der Waals surface area contributed by atoms with Crippen LogP contribution in [-0.4, -0.2) is 48.0 Å². The molecule has 0 spiro atoms. The molecule has 1 aliphatic heterocycles. The molecule has 0 aromatic carbocycles. The van der Waals surface area contributed by atoms with Crippen LogP contribution < -0.4 is 5.73 Å². The van der Waals surface area contributed by atoms with Crippen molar-refractivity contribution in [3.05, 3.63) is 0 Å². The van der Waals surface area contributed by atoms with Crippen molar-refractivity contribution in [2.45, 2.75) is 117 Å². The highest BCUT2D eigenvalue weighted by molar-refractivity contribution is 5.83. The summed E-state index contributed by atoms with van der Waals surface area (Å²) in [5, 5.41) is 7.42.